The molecular weight excluding hydrogens is 210 g/mol. The molecule has 1 N–H and O–H groups in total. The van der Waals surface area contributed by atoms with Crippen molar-refractivity contribution in [2.75, 3.05) is 11.9 Å². The van der Waals surface area contributed by atoms with Gasteiger partial charge in [-0.3, -0.25) is 0 Å². The maximum Gasteiger partial charge on any atom is 0.137 e. The predicted octanol–water partition coefficient (Wildman–Crippen LogP) is 3.31. The Hall–Kier alpha value is -1.64. The lowest BCUT2D eigenvalue weighted by molar-refractivity contribution is 0.687. The van der Waals surface area contributed by atoms with Gasteiger partial charge in [0.15, 0.2) is 0 Å². The van der Waals surface area contributed by atoms with E-state index in [0.29, 0.717) is 5.92 Å². The van der Waals surface area contributed by atoms with Gasteiger partial charge in [0.1, 0.15) is 12.1 Å². The maximum absolute atomic E-state index is 4.33. The summed E-state index contributed by atoms with van der Waals surface area (Å²) in [7, 11) is 0. The number of nitrogens with one attached hydrogen (secondary N) is 1. The molecule has 3 nitrogen and oxygen atoms in total. The summed E-state index contributed by atoms with van der Waals surface area (Å²) in [4.78, 5) is 8.65. The number of benzene rings is 1. The molecule has 17 heavy (non-hydrogen) atoms. The molecule has 2 aromatic rings. The van der Waals surface area contributed by atoms with Gasteiger partial charge in [-0.15, -0.1) is 0 Å². The van der Waals surface area contributed by atoms with Crippen molar-refractivity contribution in [2.45, 2.75) is 27.7 Å². The Kier molecular flexibility index (Phi) is 3.27. The molecule has 0 saturated carbocycles. The summed E-state index contributed by atoms with van der Waals surface area (Å²) in [5.41, 5.74) is 3.56. The van der Waals surface area contributed by atoms with Crippen LogP contribution >= 0.6 is 0 Å². The third kappa shape index (κ3) is 2.54. The molecule has 0 amide bonds. The van der Waals surface area contributed by atoms with Crippen LogP contribution in [0.15, 0.2) is 18.5 Å². The molecule has 1 aromatic carbocycles. The highest BCUT2D eigenvalue weighted by Crippen LogP contribution is 2.22. The summed E-state index contributed by atoms with van der Waals surface area (Å²) < 4.78 is 0. The molecule has 0 saturated heterocycles. The molecular formula is C14H19N3. The van der Waals surface area contributed by atoms with Crippen molar-refractivity contribution < 1.29 is 0 Å². The van der Waals surface area contributed by atoms with Crippen molar-refractivity contribution in [3.63, 3.8) is 0 Å². The summed E-state index contributed by atoms with van der Waals surface area (Å²) in [5.74, 6) is 1.54. The van der Waals surface area contributed by atoms with Crippen molar-refractivity contribution in [2.24, 2.45) is 5.92 Å². The maximum atomic E-state index is 4.33. The number of rotatable bonds is 3. The lowest BCUT2D eigenvalue weighted by Crippen LogP contribution is -2.09. The average molecular weight is 229 g/mol. The number of aromatic nitrogens is 2. The minimum atomic E-state index is 0.603. The lowest BCUT2D eigenvalue weighted by atomic mass is 10.1. The van der Waals surface area contributed by atoms with Gasteiger partial charge in [-0.05, 0) is 43.0 Å². The molecule has 1 heterocycles. The largest absolute Gasteiger partial charge is 0.369 e. The van der Waals surface area contributed by atoms with Crippen LogP contribution in [-0.4, -0.2) is 16.5 Å². The molecule has 0 aliphatic rings. The molecule has 90 valence electrons. The number of fused-ring (bicyclic) bond motifs is 1. The van der Waals surface area contributed by atoms with E-state index in [2.05, 4.69) is 55.1 Å². The van der Waals surface area contributed by atoms with Crippen molar-refractivity contribution in [1.29, 1.82) is 0 Å². The first-order valence-electron chi connectivity index (χ1n) is 6.03. The lowest BCUT2D eigenvalue weighted by Gasteiger charge is -2.11. The second kappa shape index (κ2) is 4.70. The van der Waals surface area contributed by atoms with Crippen LogP contribution in [0.2, 0.25) is 0 Å². The minimum absolute atomic E-state index is 0.603. The minimum Gasteiger partial charge on any atom is -0.369 e. The second-order valence-corrected chi connectivity index (χ2v) is 4.95. The van der Waals surface area contributed by atoms with Gasteiger partial charge >= 0.3 is 0 Å². The number of hydrogen-bond donors (Lipinski definition) is 1. The Labute approximate surface area is 102 Å². The predicted molar refractivity (Wildman–Crippen MR) is 72.3 cm³/mol. The molecule has 0 spiro atoms. The Morgan fingerprint density at radius 1 is 1.12 bits per heavy atom. The van der Waals surface area contributed by atoms with Crippen LogP contribution in [-0.2, 0) is 0 Å². The fourth-order valence-electron chi connectivity index (χ4n) is 1.76. The second-order valence-electron chi connectivity index (χ2n) is 4.95. The van der Waals surface area contributed by atoms with Gasteiger partial charge < -0.3 is 5.32 Å². The fraction of sp³-hybridized carbons (Fsp3) is 0.429. The van der Waals surface area contributed by atoms with E-state index in [-0.39, 0.29) is 0 Å². The molecule has 0 aliphatic carbocycles. The van der Waals surface area contributed by atoms with Crippen LogP contribution in [0.3, 0.4) is 0 Å². The summed E-state index contributed by atoms with van der Waals surface area (Å²) in [5, 5.41) is 4.49. The van der Waals surface area contributed by atoms with Crippen molar-refractivity contribution in [3.05, 3.63) is 29.6 Å². The topological polar surface area (TPSA) is 37.8 Å². The average Bonchev–Trinajstić information content (AvgIpc) is 2.28. The van der Waals surface area contributed by atoms with Crippen LogP contribution in [0.5, 0.6) is 0 Å². The van der Waals surface area contributed by atoms with Gasteiger partial charge in [0.05, 0.1) is 5.52 Å². The highest BCUT2D eigenvalue weighted by molar-refractivity contribution is 5.89. The van der Waals surface area contributed by atoms with Crippen LogP contribution in [0, 0.1) is 19.8 Å². The van der Waals surface area contributed by atoms with Crippen LogP contribution in [0.25, 0.3) is 10.9 Å². The van der Waals surface area contributed by atoms with E-state index in [9.17, 15) is 0 Å². The van der Waals surface area contributed by atoms with Crippen molar-refractivity contribution in [3.8, 4) is 0 Å². The van der Waals surface area contributed by atoms with Gasteiger partial charge in [0.25, 0.3) is 0 Å². The molecule has 0 atom stereocenters. The SMILES string of the molecule is Cc1cc2ncnc(NCC(C)C)c2cc1C. The van der Waals surface area contributed by atoms with Crippen LogP contribution < -0.4 is 5.32 Å². The molecule has 0 radical (unpaired) electrons. The number of hydrogen-bond acceptors (Lipinski definition) is 3. The monoisotopic (exact) mass is 229 g/mol. The number of aryl methyl sites for hydroxylation is 2. The molecule has 0 bridgehead atoms. The van der Waals surface area contributed by atoms with E-state index >= 15 is 0 Å². The first kappa shape index (κ1) is 11.8. The van der Waals surface area contributed by atoms with Gasteiger partial charge in [-0.25, -0.2) is 9.97 Å². The van der Waals surface area contributed by atoms with Gasteiger partial charge in [-0.2, -0.15) is 0 Å². The van der Waals surface area contributed by atoms with Crippen molar-refractivity contribution in [1.82, 2.24) is 9.97 Å². The van der Waals surface area contributed by atoms with Gasteiger partial charge in [0.2, 0.25) is 0 Å². The first-order valence-corrected chi connectivity index (χ1v) is 6.03. The number of anilines is 1. The molecule has 0 unspecified atom stereocenters. The van der Waals surface area contributed by atoms with E-state index < -0.39 is 0 Å². The zero-order valence-corrected chi connectivity index (χ0v) is 10.9. The summed E-state index contributed by atoms with van der Waals surface area (Å²) in [6, 6.07) is 4.28. The summed E-state index contributed by atoms with van der Waals surface area (Å²) in [6.07, 6.45) is 1.62. The van der Waals surface area contributed by atoms with E-state index in [4.69, 9.17) is 0 Å². The first-order chi connectivity index (χ1) is 8.08. The smallest absolute Gasteiger partial charge is 0.137 e. The molecule has 1 aromatic heterocycles. The van der Waals surface area contributed by atoms with Gasteiger partial charge in [0, 0.05) is 11.9 Å². The normalized spacial score (nSPS) is 11.1. The van der Waals surface area contributed by atoms with E-state index in [1.165, 1.54) is 11.1 Å². The third-order valence-electron chi connectivity index (χ3n) is 2.93. The quantitative estimate of drug-likeness (QED) is 0.877. The Balaban J connectivity index is 2.45. The van der Waals surface area contributed by atoms with Crippen molar-refractivity contribution >= 4 is 16.7 Å². The molecule has 2 rings (SSSR count). The molecule has 3 heteroatoms. The highest BCUT2D eigenvalue weighted by Gasteiger charge is 2.05. The third-order valence-corrected chi connectivity index (χ3v) is 2.93. The van der Waals surface area contributed by atoms with E-state index in [1.54, 1.807) is 6.33 Å². The number of nitrogens with zero attached hydrogens (tertiary/aromatic N) is 2. The zero-order chi connectivity index (χ0) is 12.4. The standard InChI is InChI=1S/C14H19N3/c1-9(2)7-15-14-12-5-10(3)11(4)6-13(12)16-8-17-14/h5-6,8-9H,7H2,1-4H3,(H,15,16,17). The Morgan fingerprint density at radius 3 is 2.53 bits per heavy atom. The molecule has 0 fully saturated rings. The summed E-state index contributed by atoms with van der Waals surface area (Å²) >= 11 is 0. The highest BCUT2D eigenvalue weighted by atomic mass is 15.0. The van der Waals surface area contributed by atoms with E-state index in [0.717, 1.165) is 23.3 Å². The Morgan fingerprint density at radius 2 is 1.82 bits per heavy atom. The van der Waals surface area contributed by atoms with Gasteiger partial charge in [-0.1, -0.05) is 13.8 Å². The zero-order valence-electron chi connectivity index (χ0n) is 10.9. The fourth-order valence-corrected chi connectivity index (χ4v) is 1.76. The van der Waals surface area contributed by atoms with Crippen LogP contribution in [0.4, 0.5) is 5.82 Å². The molecule has 0 aliphatic heterocycles. The van der Waals surface area contributed by atoms with E-state index in [1.807, 2.05) is 0 Å². The summed E-state index contributed by atoms with van der Waals surface area (Å²) in [6.45, 7) is 9.53. The van der Waals surface area contributed by atoms with Crippen LogP contribution in [0.1, 0.15) is 25.0 Å². The Bertz CT molecular complexity index is 532.